The van der Waals surface area contributed by atoms with Gasteiger partial charge in [0.1, 0.15) is 5.82 Å². The maximum atomic E-state index is 11.6. The molecule has 0 saturated carbocycles. The molecule has 1 aliphatic heterocycles. The van der Waals surface area contributed by atoms with Crippen molar-refractivity contribution in [3.05, 3.63) is 17.8 Å². The molecule has 132 valence electrons. The molecule has 0 unspecified atom stereocenters. The van der Waals surface area contributed by atoms with Gasteiger partial charge in [0.2, 0.25) is 0 Å². The standard InChI is InChI=1S/C17H27BN2O4/c1-11-9-12(18-23-16(5,6)17(7,8)24-18)10-19-13(11)20(14(21)22)15(2,3)4/h9-10H,1-8H3,(H,21,22). The molecule has 0 bridgehead atoms. The predicted molar refractivity (Wildman–Crippen MR) is 94.9 cm³/mol. The number of amides is 1. The van der Waals surface area contributed by atoms with Crippen molar-refractivity contribution in [3.63, 3.8) is 0 Å². The number of aromatic nitrogens is 1. The quantitative estimate of drug-likeness (QED) is 0.842. The fourth-order valence-corrected chi connectivity index (χ4v) is 2.63. The number of rotatable bonds is 2. The van der Waals surface area contributed by atoms with Crippen molar-refractivity contribution in [2.45, 2.75) is 72.1 Å². The van der Waals surface area contributed by atoms with Crippen molar-refractivity contribution in [1.82, 2.24) is 4.98 Å². The Morgan fingerprint density at radius 1 is 1.21 bits per heavy atom. The summed E-state index contributed by atoms with van der Waals surface area (Å²) in [6.45, 7) is 15.3. The third kappa shape index (κ3) is 3.28. The largest absolute Gasteiger partial charge is 0.496 e. The molecule has 0 aromatic carbocycles. The lowest BCUT2D eigenvalue weighted by Gasteiger charge is -2.33. The van der Waals surface area contributed by atoms with Gasteiger partial charge in [0.25, 0.3) is 0 Å². The first-order valence-corrected chi connectivity index (χ1v) is 8.11. The molecule has 1 fully saturated rings. The third-order valence-corrected chi connectivity index (χ3v) is 4.67. The predicted octanol–water partition coefficient (Wildman–Crippen LogP) is 2.97. The van der Waals surface area contributed by atoms with Crippen molar-refractivity contribution < 1.29 is 19.2 Å². The Morgan fingerprint density at radius 2 is 1.71 bits per heavy atom. The van der Waals surface area contributed by atoms with E-state index in [2.05, 4.69) is 4.98 Å². The summed E-state index contributed by atoms with van der Waals surface area (Å²) < 4.78 is 12.1. The van der Waals surface area contributed by atoms with E-state index in [4.69, 9.17) is 9.31 Å². The molecule has 0 atom stereocenters. The monoisotopic (exact) mass is 334 g/mol. The Kier molecular flexibility index (Phi) is 4.48. The molecule has 1 aliphatic rings. The minimum Gasteiger partial charge on any atom is -0.465 e. The SMILES string of the molecule is Cc1cc(B2OC(C)(C)C(C)(C)O2)cnc1N(C(=O)O)C(C)(C)C. The summed E-state index contributed by atoms with van der Waals surface area (Å²) in [5.74, 6) is 0.426. The van der Waals surface area contributed by atoms with Crippen LogP contribution in [0.25, 0.3) is 0 Å². The number of hydrogen-bond donors (Lipinski definition) is 1. The number of carboxylic acid groups (broad SMARTS) is 1. The van der Waals surface area contributed by atoms with Crippen molar-refractivity contribution in [3.8, 4) is 0 Å². The molecule has 2 rings (SSSR count). The summed E-state index contributed by atoms with van der Waals surface area (Å²) in [5, 5.41) is 9.54. The highest BCUT2D eigenvalue weighted by Gasteiger charge is 2.52. The van der Waals surface area contributed by atoms with Gasteiger partial charge in [0.05, 0.1) is 11.2 Å². The zero-order valence-corrected chi connectivity index (χ0v) is 15.8. The van der Waals surface area contributed by atoms with E-state index in [1.54, 1.807) is 6.20 Å². The molecule has 24 heavy (non-hydrogen) atoms. The van der Waals surface area contributed by atoms with Gasteiger partial charge in [-0.3, -0.25) is 4.90 Å². The van der Waals surface area contributed by atoms with Crippen LogP contribution in [0, 0.1) is 6.92 Å². The Bertz CT molecular complexity index is 636. The second kappa shape index (κ2) is 5.74. The van der Waals surface area contributed by atoms with Gasteiger partial charge in [-0.15, -0.1) is 0 Å². The number of hydrogen-bond acceptors (Lipinski definition) is 4. The summed E-state index contributed by atoms with van der Waals surface area (Å²) in [6, 6.07) is 1.88. The molecule has 0 spiro atoms. The van der Waals surface area contributed by atoms with E-state index in [9.17, 15) is 9.90 Å². The van der Waals surface area contributed by atoms with Gasteiger partial charge in [0, 0.05) is 17.2 Å². The van der Waals surface area contributed by atoms with Gasteiger partial charge in [-0.05, 0) is 61.0 Å². The van der Waals surface area contributed by atoms with Crippen LogP contribution >= 0.6 is 0 Å². The maximum Gasteiger partial charge on any atom is 0.496 e. The lowest BCUT2D eigenvalue weighted by molar-refractivity contribution is 0.00578. The second-order valence-electron chi connectivity index (χ2n) is 8.29. The first-order chi connectivity index (χ1) is 10.8. The molecule has 1 aromatic rings. The molecule has 1 saturated heterocycles. The van der Waals surface area contributed by atoms with Gasteiger partial charge < -0.3 is 14.4 Å². The van der Waals surface area contributed by atoms with Crippen LogP contribution in [0.5, 0.6) is 0 Å². The number of carbonyl (C=O) groups is 1. The number of nitrogens with zero attached hydrogens (tertiary/aromatic N) is 2. The van der Waals surface area contributed by atoms with Crippen molar-refractivity contribution in [2.24, 2.45) is 0 Å². The average Bonchev–Trinajstić information content (AvgIpc) is 2.58. The van der Waals surface area contributed by atoms with Crippen LogP contribution in [0.2, 0.25) is 0 Å². The van der Waals surface area contributed by atoms with Gasteiger partial charge in [0.15, 0.2) is 0 Å². The van der Waals surface area contributed by atoms with Crippen molar-refractivity contribution >= 4 is 24.5 Å². The zero-order chi connectivity index (χ0) is 18.5. The minimum absolute atomic E-state index is 0.426. The van der Waals surface area contributed by atoms with Crippen LogP contribution in [-0.2, 0) is 9.31 Å². The smallest absolute Gasteiger partial charge is 0.465 e. The van der Waals surface area contributed by atoms with Gasteiger partial charge in [-0.1, -0.05) is 6.07 Å². The van der Waals surface area contributed by atoms with E-state index in [0.717, 1.165) is 11.0 Å². The topological polar surface area (TPSA) is 71.9 Å². The molecule has 0 aliphatic carbocycles. The average molecular weight is 334 g/mol. The molecule has 1 amide bonds. The first-order valence-electron chi connectivity index (χ1n) is 8.11. The van der Waals surface area contributed by atoms with E-state index < -0.39 is 30.0 Å². The van der Waals surface area contributed by atoms with Crippen LogP contribution in [0.15, 0.2) is 12.3 Å². The molecule has 0 radical (unpaired) electrons. The molecular weight excluding hydrogens is 307 g/mol. The highest BCUT2D eigenvalue weighted by molar-refractivity contribution is 6.62. The Balaban J connectivity index is 2.36. The van der Waals surface area contributed by atoms with Gasteiger partial charge in [-0.25, -0.2) is 9.78 Å². The van der Waals surface area contributed by atoms with Crippen LogP contribution < -0.4 is 10.4 Å². The van der Waals surface area contributed by atoms with Crippen molar-refractivity contribution in [2.75, 3.05) is 4.90 Å². The molecule has 7 heteroatoms. The van der Waals surface area contributed by atoms with E-state index in [-0.39, 0.29) is 0 Å². The van der Waals surface area contributed by atoms with Gasteiger partial charge >= 0.3 is 13.2 Å². The summed E-state index contributed by atoms with van der Waals surface area (Å²) in [5.41, 5.74) is 0.106. The van der Waals surface area contributed by atoms with E-state index in [0.29, 0.717) is 5.82 Å². The Labute approximate surface area is 144 Å². The first kappa shape index (κ1) is 18.7. The van der Waals surface area contributed by atoms with E-state index >= 15 is 0 Å². The minimum atomic E-state index is -1.03. The number of aryl methyl sites for hydroxylation is 1. The fourth-order valence-electron chi connectivity index (χ4n) is 2.63. The molecule has 1 N–H and O–H groups in total. The number of anilines is 1. The molecule has 2 heterocycles. The van der Waals surface area contributed by atoms with E-state index in [1.165, 1.54) is 4.90 Å². The summed E-state index contributed by atoms with van der Waals surface area (Å²) in [4.78, 5) is 17.3. The molecule has 6 nitrogen and oxygen atoms in total. The third-order valence-electron chi connectivity index (χ3n) is 4.67. The highest BCUT2D eigenvalue weighted by Crippen LogP contribution is 2.36. The summed E-state index contributed by atoms with van der Waals surface area (Å²) in [6.07, 6.45) is 0.605. The lowest BCUT2D eigenvalue weighted by atomic mass is 9.79. The van der Waals surface area contributed by atoms with E-state index in [1.807, 2.05) is 61.5 Å². The second-order valence-corrected chi connectivity index (χ2v) is 8.29. The zero-order valence-electron chi connectivity index (χ0n) is 15.8. The fraction of sp³-hybridized carbons (Fsp3) is 0.647. The van der Waals surface area contributed by atoms with Crippen molar-refractivity contribution in [1.29, 1.82) is 0 Å². The highest BCUT2D eigenvalue weighted by atomic mass is 16.7. The number of pyridine rings is 1. The lowest BCUT2D eigenvalue weighted by Crippen LogP contribution is -2.46. The maximum absolute atomic E-state index is 11.6. The van der Waals surface area contributed by atoms with Crippen LogP contribution in [-0.4, -0.2) is 40.0 Å². The van der Waals surface area contributed by atoms with Crippen LogP contribution in [0.3, 0.4) is 0 Å². The molecular formula is C17H27BN2O4. The normalized spacial score (nSPS) is 19.4. The summed E-state index contributed by atoms with van der Waals surface area (Å²) in [7, 11) is -0.511. The van der Waals surface area contributed by atoms with Crippen LogP contribution in [0.4, 0.5) is 10.6 Å². The molecule has 1 aromatic heterocycles. The summed E-state index contributed by atoms with van der Waals surface area (Å²) >= 11 is 0. The van der Waals surface area contributed by atoms with Gasteiger partial charge in [-0.2, -0.15) is 0 Å². The Morgan fingerprint density at radius 3 is 2.08 bits per heavy atom. The Hall–Kier alpha value is -1.60. The van der Waals surface area contributed by atoms with Crippen LogP contribution in [0.1, 0.15) is 54.0 Å².